The minimum Gasteiger partial charge on any atom is -0.341 e. The second-order valence-electron chi connectivity index (χ2n) is 5.14. The molecule has 1 atom stereocenters. The van der Waals surface area contributed by atoms with Gasteiger partial charge in [0.2, 0.25) is 5.91 Å². The highest BCUT2D eigenvalue weighted by molar-refractivity contribution is 5.85. The van der Waals surface area contributed by atoms with Gasteiger partial charge in [-0.3, -0.25) is 4.79 Å². The zero-order valence-corrected chi connectivity index (χ0v) is 12.3. The molecule has 1 N–H and O–H groups in total. The molecule has 3 nitrogen and oxygen atoms in total. The standard InChI is InChI=1S/C14H18F2N2O.ClH/c1-9(11-6-17-7-11)14(19)18(2)8-10-3-4-12(15)5-13(10)16;/h3-5,9,11,17H,6-8H2,1-2H3;1H. The topological polar surface area (TPSA) is 32.3 Å². The molecular formula is C14H19ClF2N2O. The third kappa shape index (κ3) is 3.67. The van der Waals surface area contributed by atoms with E-state index in [-0.39, 0.29) is 30.8 Å². The van der Waals surface area contributed by atoms with Crippen LogP contribution in [-0.2, 0) is 11.3 Å². The van der Waals surface area contributed by atoms with Crippen molar-refractivity contribution < 1.29 is 13.6 Å². The lowest BCUT2D eigenvalue weighted by Gasteiger charge is -2.34. The molecule has 0 aromatic heterocycles. The predicted molar refractivity (Wildman–Crippen MR) is 75.6 cm³/mol. The Morgan fingerprint density at radius 2 is 2.10 bits per heavy atom. The van der Waals surface area contributed by atoms with Crippen molar-refractivity contribution in [1.82, 2.24) is 10.2 Å². The van der Waals surface area contributed by atoms with Crippen LogP contribution in [0.5, 0.6) is 0 Å². The molecule has 1 fully saturated rings. The van der Waals surface area contributed by atoms with Gasteiger partial charge in [0.05, 0.1) is 0 Å². The van der Waals surface area contributed by atoms with Crippen LogP contribution in [0.25, 0.3) is 0 Å². The molecule has 0 radical (unpaired) electrons. The highest BCUT2D eigenvalue weighted by atomic mass is 35.5. The van der Waals surface area contributed by atoms with Gasteiger partial charge in [-0.1, -0.05) is 13.0 Å². The van der Waals surface area contributed by atoms with Gasteiger partial charge in [0, 0.05) is 31.1 Å². The summed E-state index contributed by atoms with van der Waals surface area (Å²) in [6.07, 6.45) is 0. The third-order valence-electron chi connectivity index (χ3n) is 3.71. The number of carbonyl (C=O) groups excluding carboxylic acids is 1. The summed E-state index contributed by atoms with van der Waals surface area (Å²) in [6.45, 7) is 3.76. The van der Waals surface area contributed by atoms with Crippen LogP contribution >= 0.6 is 12.4 Å². The van der Waals surface area contributed by atoms with Gasteiger partial charge >= 0.3 is 0 Å². The number of benzene rings is 1. The number of rotatable bonds is 4. The molecule has 0 saturated carbocycles. The Morgan fingerprint density at radius 3 is 2.60 bits per heavy atom. The average molecular weight is 305 g/mol. The maximum absolute atomic E-state index is 13.5. The first-order valence-corrected chi connectivity index (χ1v) is 6.38. The summed E-state index contributed by atoms with van der Waals surface area (Å²) in [5.41, 5.74) is 0.330. The van der Waals surface area contributed by atoms with Gasteiger partial charge in [0.1, 0.15) is 11.6 Å². The molecule has 2 rings (SSSR count). The molecule has 6 heteroatoms. The van der Waals surface area contributed by atoms with Crippen molar-refractivity contribution in [2.75, 3.05) is 20.1 Å². The predicted octanol–water partition coefficient (Wildman–Crippen LogP) is 2.20. The minimum absolute atomic E-state index is 0. The fourth-order valence-corrected chi connectivity index (χ4v) is 2.20. The first-order chi connectivity index (χ1) is 8.99. The minimum atomic E-state index is -0.613. The quantitative estimate of drug-likeness (QED) is 0.925. The molecule has 1 aliphatic heterocycles. The van der Waals surface area contributed by atoms with Gasteiger partial charge in [0.15, 0.2) is 0 Å². The van der Waals surface area contributed by atoms with E-state index >= 15 is 0 Å². The molecule has 112 valence electrons. The molecule has 1 heterocycles. The van der Waals surface area contributed by atoms with Gasteiger partial charge < -0.3 is 10.2 Å². The SMILES string of the molecule is CC(C(=O)N(C)Cc1ccc(F)cc1F)C1CNC1.Cl. The van der Waals surface area contributed by atoms with Crippen molar-refractivity contribution in [2.24, 2.45) is 11.8 Å². The van der Waals surface area contributed by atoms with E-state index in [1.807, 2.05) is 6.92 Å². The number of hydrogen-bond donors (Lipinski definition) is 1. The number of hydrogen-bond acceptors (Lipinski definition) is 2. The molecule has 1 unspecified atom stereocenters. The zero-order chi connectivity index (χ0) is 14.0. The maximum Gasteiger partial charge on any atom is 0.225 e. The van der Waals surface area contributed by atoms with Gasteiger partial charge in [-0.15, -0.1) is 12.4 Å². The Labute approximate surface area is 123 Å². The second-order valence-corrected chi connectivity index (χ2v) is 5.14. The second kappa shape index (κ2) is 6.99. The van der Waals surface area contributed by atoms with E-state index in [0.717, 1.165) is 19.2 Å². The Balaban J connectivity index is 0.00000200. The molecular weight excluding hydrogens is 286 g/mol. The van der Waals surface area contributed by atoms with Crippen LogP contribution in [0.1, 0.15) is 12.5 Å². The summed E-state index contributed by atoms with van der Waals surface area (Å²) < 4.78 is 26.3. The summed E-state index contributed by atoms with van der Waals surface area (Å²) in [7, 11) is 1.65. The monoisotopic (exact) mass is 304 g/mol. The van der Waals surface area contributed by atoms with E-state index in [1.54, 1.807) is 7.05 Å². The number of nitrogens with zero attached hydrogens (tertiary/aromatic N) is 1. The smallest absolute Gasteiger partial charge is 0.225 e. The van der Waals surface area contributed by atoms with Crippen molar-refractivity contribution in [2.45, 2.75) is 13.5 Å². The summed E-state index contributed by atoms with van der Waals surface area (Å²) in [5.74, 6) is -0.945. The normalized spacial score (nSPS) is 16.0. The van der Waals surface area contributed by atoms with Crippen LogP contribution < -0.4 is 5.32 Å². The number of nitrogens with one attached hydrogen (secondary N) is 1. The molecule has 0 bridgehead atoms. The van der Waals surface area contributed by atoms with Crippen molar-refractivity contribution in [1.29, 1.82) is 0 Å². The lowest BCUT2D eigenvalue weighted by molar-refractivity contribution is -0.136. The van der Waals surface area contributed by atoms with Crippen LogP contribution in [0.2, 0.25) is 0 Å². The van der Waals surface area contributed by atoms with Gasteiger partial charge in [0.25, 0.3) is 0 Å². The van der Waals surface area contributed by atoms with Crippen molar-refractivity contribution in [3.05, 3.63) is 35.4 Å². The fraction of sp³-hybridized carbons (Fsp3) is 0.500. The van der Waals surface area contributed by atoms with E-state index in [1.165, 1.54) is 17.0 Å². The summed E-state index contributed by atoms with van der Waals surface area (Å²) >= 11 is 0. The summed E-state index contributed by atoms with van der Waals surface area (Å²) in [5, 5.41) is 3.13. The third-order valence-corrected chi connectivity index (χ3v) is 3.71. The van der Waals surface area contributed by atoms with Crippen LogP contribution in [-0.4, -0.2) is 30.9 Å². The molecule has 0 aliphatic carbocycles. The maximum atomic E-state index is 13.5. The van der Waals surface area contributed by atoms with Gasteiger partial charge in [-0.25, -0.2) is 8.78 Å². The van der Waals surface area contributed by atoms with Crippen LogP contribution in [0.4, 0.5) is 8.78 Å². The molecule has 0 spiro atoms. The first-order valence-electron chi connectivity index (χ1n) is 6.38. The highest BCUT2D eigenvalue weighted by Crippen LogP contribution is 2.19. The largest absolute Gasteiger partial charge is 0.341 e. The van der Waals surface area contributed by atoms with Crippen molar-refractivity contribution >= 4 is 18.3 Å². The average Bonchev–Trinajstić information content (AvgIpc) is 2.29. The first kappa shape index (κ1) is 16.9. The molecule has 1 saturated heterocycles. The van der Waals surface area contributed by atoms with Crippen LogP contribution in [0.15, 0.2) is 18.2 Å². The van der Waals surface area contributed by atoms with E-state index in [2.05, 4.69) is 5.32 Å². The molecule has 20 heavy (non-hydrogen) atoms. The molecule has 1 aliphatic rings. The lowest BCUT2D eigenvalue weighted by atomic mass is 9.88. The fourth-order valence-electron chi connectivity index (χ4n) is 2.20. The summed E-state index contributed by atoms with van der Waals surface area (Å²) in [6, 6.07) is 3.42. The zero-order valence-electron chi connectivity index (χ0n) is 11.5. The van der Waals surface area contributed by atoms with Gasteiger partial charge in [-0.2, -0.15) is 0 Å². The lowest BCUT2D eigenvalue weighted by Crippen LogP contribution is -2.49. The Kier molecular flexibility index (Phi) is 5.89. The molecule has 1 amide bonds. The Hall–Kier alpha value is -1.20. The number of carbonyl (C=O) groups is 1. The van der Waals surface area contributed by atoms with Crippen molar-refractivity contribution in [3.8, 4) is 0 Å². The van der Waals surface area contributed by atoms with E-state index < -0.39 is 11.6 Å². The Morgan fingerprint density at radius 1 is 1.45 bits per heavy atom. The number of halogens is 3. The molecule has 1 aromatic carbocycles. The van der Waals surface area contributed by atoms with Gasteiger partial charge in [-0.05, 0) is 25.1 Å². The van der Waals surface area contributed by atoms with Crippen molar-refractivity contribution in [3.63, 3.8) is 0 Å². The van der Waals surface area contributed by atoms with Crippen LogP contribution in [0.3, 0.4) is 0 Å². The van der Waals surface area contributed by atoms with Crippen LogP contribution in [0, 0.1) is 23.5 Å². The van der Waals surface area contributed by atoms with E-state index in [0.29, 0.717) is 11.5 Å². The molecule has 1 aromatic rings. The summed E-state index contributed by atoms with van der Waals surface area (Å²) in [4.78, 5) is 13.7. The number of amides is 1. The van der Waals surface area contributed by atoms with E-state index in [9.17, 15) is 13.6 Å². The highest BCUT2D eigenvalue weighted by Gasteiger charge is 2.30. The Bertz CT molecular complexity index is 480. The van der Waals surface area contributed by atoms with E-state index in [4.69, 9.17) is 0 Å².